The molecule has 0 aromatic rings. The zero-order valence-corrected chi connectivity index (χ0v) is 18.5. The van der Waals surface area contributed by atoms with Crippen molar-refractivity contribution in [3.63, 3.8) is 0 Å². The van der Waals surface area contributed by atoms with E-state index in [1.165, 1.54) is 11.1 Å². The van der Waals surface area contributed by atoms with Crippen LogP contribution in [-0.2, 0) is 0 Å². The van der Waals surface area contributed by atoms with Gasteiger partial charge in [-0.3, -0.25) is 0 Å². The van der Waals surface area contributed by atoms with Gasteiger partial charge in [0.15, 0.2) is 0 Å². The van der Waals surface area contributed by atoms with Gasteiger partial charge in [0.05, 0.1) is 0 Å². The highest BCUT2D eigenvalue weighted by Crippen LogP contribution is 2.23. The van der Waals surface area contributed by atoms with E-state index in [4.69, 9.17) is 0 Å². The highest BCUT2D eigenvalue weighted by molar-refractivity contribution is 5.51. The Hall–Kier alpha value is -3.06. The first kappa shape index (κ1) is 24.0. The van der Waals surface area contributed by atoms with Crippen LogP contribution in [0.15, 0.2) is 132 Å². The zero-order chi connectivity index (χ0) is 21.6. The van der Waals surface area contributed by atoms with Gasteiger partial charge in [0.25, 0.3) is 0 Å². The van der Waals surface area contributed by atoms with Gasteiger partial charge in [-0.25, -0.2) is 0 Å². The lowest BCUT2D eigenvalue weighted by Crippen LogP contribution is -2.05. The number of rotatable bonds is 10. The van der Waals surface area contributed by atoms with Crippen molar-refractivity contribution < 1.29 is 0 Å². The third-order valence-electron chi connectivity index (χ3n) is 4.69. The molecule has 0 saturated carbocycles. The Morgan fingerprint density at radius 2 is 1.79 bits per heavy atom. The van der Waals surface area contributed by atoms with Gasteiger partial charge in [-0.2, -0.15) is 0 Å². The Balaban J connectivity index is 3.48. The van der Waals surface area contributed by atoms with E-state index in [0.717, 1.165) is 40.8 Å². The summed E-state index contributed by atoms with van der Waals surface area (Å²) in [5.74, 6) is 0. The average Bonchev–Trinajstić information content (AvgIpc) is 2.72. The lowest BCUT2D eigenvalue weighted by Gasteiger charge is -2.11. The SMILES string of the molecule is C=C/C=C\C(C=C/C=C(/C)C=C)=CC(=C/C1=C(C)CCC=C1)/C=C(\C)C(=C)NC. The van der Waals surface area contributed by atoms with Crippen LogP contribution >= 0.6 is 0 Å². The monoisotopic (exact) mass is 385 g/mol. The molecule has 0 saturated heterocycles. The van der Waals surface area contributed by atoms with Gasteiger partial charge < -0.3 is 5.32 Å². The molecule has 0 aromatic heterocycles. The molecule has 0 heterocycles. The standard InChI is InChI=1S/C28H35N/c1-8-10-16-26(17-13-14-22(3)9-2)20-27(19-24(5)25(6)29-7)21-28-18-12-11-15-23(28)4/h8-10,12-14,16-21,29H,1-2,6,11,15H2,3-5,7H3/b16-10-,17-13?,22-14-,24-19+,26-20?,27-21+. The zero-order valence-electron chi connectivity index (χ0n) is 18.5. The first-order valence-electron chi connectivity index (χ1n) is 10.0. The molecular formula is C28H35N. The summed E-state index contributed by atoms with van der Waals surface area (Å²) in [6.45, 7) is 18.0. The van der Waals surface area contributed by atoms with E-state index in [0.29, 0.717) is 0 Å². The van der Waals surface area contributed by atoms with Crippen LogP contribution < -0.4 is 5.32 Å². The van der Waals surface area contributed by atoms with Crippen molar-refractivity contribution in [2.75, 3.05) is 7.05 Å². The molecule has 1 nitrogen and oxygen atoms in total. The van der Waals surface area contributed by atoms with Gasteiger partial charge in [0.2, 0.25) is 0 Å². The summed E-state index contributed by atoms with van der Waals surface area (Å²) < 4.78 is 0. The number of hydrogen-bond donors (Lipinski definition) is 1. The van der Waals surface area contributed by atoms with Gasteiger partial charge in [0.1, 0.15) is 0 Å². The number of likely N-dealkylation sites (N-methyl/N-ethyl adjacent to an activating group) is 1. The van der Waals surface area contributed by atoms with E-state index in [1.807, 2.05) is 38.3 Å². The van der Waals surface area contributed by atoms with Crippen LogP contribution in [0.3, 0.4) is 0 Å². The van der Waals surface area contributed by atoms with Crippen molar-refractivity contribution in [3.8, 4) is 0 Å². The van der Waals surface area contributed by atoms with E-state index in [9.17, 15) is 0 Å². The maximum atomic E-state index is 4.08. The largest absolute Gasteiger partial charge is 0.388 e. The van der Waals surface area contributed by atoms with Crippen molar-refractivity contribution in [2.24, 2.45) is 0 Å². The molecule has 0 aromatic carbocycles. The molecule has 0 unspecified atom stereocenters. The summed E-state index contributed by atoms with van der Waals surface area (Å²) in [4.78, 5) is 0. The van der Waals surface area contributed by atoms with Crippen LogP contribution in [0.5, 0.6) is 0 Å². The predicted molar refractivity (Wildman–Crippen MR) is 132 cm³/mol. The Bertz CT molecular complexity index is 858. The van der Waals surface area contributed by atoms with Crippen molar-refractivity contribution in [2.45, 2.75) is 33.6 Å². The average molecular weight is 386 g/mol. The normalized spacial score (nSPS) is 16.7. The molecule has 1 aliphatic rings. The molecule has 29 heavy (non-hydrogen) atoms. The van der Waals surface area contributed by atoms with Gasteiger partial charge >= 0.3 is 0 Å². The summed E-state index contributed by atoms with van der Waals surface area (Å²) in [5.41, 5.74) is 8.04. The highest BCUT2D eigenvalue weighted by Gasteiger charge is 2.04. The molecule has 0 bridgehead atoms. The summed E-state index contributed by atoms with van der Waals surface area (Å²) >= 11 is 0. The lowest BCUT2D eigenvalue weighted by atomic mass is 9.95. The Morgan fingerprint density at radius 1 is 1.07 bits per heavy atom. The van der Waals surface area contributed by atoms with E-state index in [1.54, 1.807) is 6.08 Å². The Morgan fingerprint density at radius 3 is 2.41 bits per heavy atom. The lowest BCUT2D eigenvalue weighted by molar-refractivity contribution is 0.948. The maximum absolute atomic E-state index is 4.08. The quantitative estimate of drug-likeness (QED) is 0.381. The van der Waals surface area contributed by atoms with Crippen LogP contribution in [0.2, 0.25) is 0 Å². The third-order valence-corrected chi connectivity index (χ3v) is 4.69. The van der Waals surface area contributed by atoms with E-state index < -0.39 is 0 Å². The number of nitrogens with one attached hydrogen (secondary N) is 1. The highest BCUT2D eigenvalue weighted by atomic mass is 14.8. The summed E-state index contributed by atoms with van der Waals surface area (Å²) in [5, 5.41) is 3.13. The molecule has 0 radical (unpaired) electrons. The summed E-state index contributed by atoms with van der Waals surface area (Å²) in [6.07, 6.45) is 27.1. The smallest absolute Gasteiger partial charge is 0.0294 e. The van der Waals surface area contributed by atoms with Crippen LogP contribution in [0.25, 0.3) is 0 Å². The van der Waals surface area contributed by atoms with Crippen molar-refractivity contribution in [1.29, 1.82) is 0 Å². The second kappa shape index (κ2) is 13.2. The van der Waals surface area contributed by atoms with E-state index >= 15 is 0 Å². The second-order valence-corrected chi connectivity index (χ2v) is 7.09. The third kappa shape index (κ3) is 9.12. The fourth-order valence-corrected chi connectivity index (χ4v) is 2.71. The minimum absolute atomic E-state index is 0.914. The molecule has 1 N–H and O–H groups in total. The molecule has 0 spiro atoms. The molecule has 0 amide bonds. The van der Waals surface area contributed by atoms with Crippen LogP contribution in [0.1, 0.15) is 33.6 Å². The van der Waals surface area contributed by atoms with Crippen molar-refractivity contribution in [1.82, 2.24) is 5.32 Å². The predicted octanol–water partition coefficient (Wildman–Crippen LogP) is 7.62. The van der Waals surface area contributed by atoms with E-state index in [2.05, 4.69) is 81.4 Å². The molecular weight excluding hydrogens is 350 g/mol. The minimum atomic E-state index is 0.914. The topological polar surface area (TPSA) is 12.0 Å². The van der Waals surface area contributed by atoms with Crippen LogP contribution in [0.4, 0.5) is 0 Å². The Kier molecular flexibility index (Phi) is 10.9. The van der Waals surface area contributed by atoms with Crippen LogP contribution in [0, 0.1) is 0 Å². The summed E-state index contributed by atoms with van der Waals surface area (Å²) in [6, 6.07) is 0. The molecule has 1 heteroatoms. The number of hydrogen-bond acceptors (Lipinski definition) is 1. The number of allylic oxidation sites excluding steroid dienone is 18. The van der Waals surface area contributed by atoms with Crippen molar-refractivity contribution in [3.05, 3.63) is 132 Å². The molecule has 0 aliphatic heterocycles. The van der Waals surface area contributed by atoms with E-state index in [-0.39, 0.29) is 0 Å². The van der Waals surface area contributed by atoms with Gasteiger partial charge in [0, 0.05) is 12.7 Å². The summed E-state index contributed by atoms with van der Waals surface area (Å²) in [7, 11) is 1.89. The molecule has 0 fully saturated rings. The van der Waals surface area contributed by atoms with Crippen molar-refractivity contribution >= 4 is 0 Å². The molecule has 152 valence electrons. The second-order valence-electron chi connectivity index (χ2n) is 7.09. The first-order chi connectivity index (χ1) is 13.9. The first-order valence-corrected chi connectivity index (χ1v) is 10.0. The maximum Gasteiger partial charge on any atom is 0.0294 e. The molecule has 1 rings (SSSR count). The van der Waals surface area contributed by atoms with Gasteiger partial charge in [-0.15, -0.1) is 0 Å². The fourth-order valence-electron chi connectivity index (χ4n) is 2.71. The van der Waals surface area contributed by atoms with Gasteiger partial charge in [-0.1, -0.05) is 85.6 Å². The molecule has 1 aliphatic carbocycles. The fraction of sp³-hybridized carbons (Fsp3) is 0.214. The van der Waals surface area contributed by atoms with Gasteiger partial charge in [-0.05, 0) is 74.1 Å². The van der Waals surface area contributed by atoms with Crippen LogP contribution in [-0.4, -0.2) is 7.05 Å². The molecule has 0 atom stereocenters. The minimum Gasteiger partial charge on any atom is -0.388 e. The Labute approximate surface area is 178 Å².